The van der Waals surface area contributed by atoms with Crippen LogP contribution in [0.5, 0.6) is 0 Å². The fourth-order valence-electron chi connectivity index (χ4n) is 4.06. The Bertz CT molecular complexity index is 707. The number of carbonyl (C=O) groups excluding carboxylic acids is 1. The lowest BCUT2D eigenvalue weighted by Gasteiger charge is -2.24. The van der Waals surface area contributed by atoms with Gasteiger partial charge in [0.15, 0.2) is 5.78 Å². The zero-order valence-electron chi connectivity index (χ0n) is 14.4. The molecule has 0 spiro atoms. The van der Waals surface area contributed by atoms with E-state index in [0.717, 1.165) is 54.7 Å². The summed E-state index contributed by atoms with van der Waals surface area (Å²) in [4.78, 5) is 12.6. The van der Waals surface area contributed by atoms with E-state index >= 15 is 0 Å². The molecule has 2 aliphatic rings. The molecule has 1 aliphatic carbocycles. The second-order valence-electron chi connectivity index (χ2n) is 7.01. The van der Waals surface area contributed by atoms with Crippen molar-refractivity contribution < 1.29 is 14.6 Å². The average Bonchev–Trinajstić information content (AvgIpc) is 2.83. The summed E-state index contributed by atoms with van der Waals surface area (Å²) in [5.41, 5.74) is 4.06. The average molecular weight is 324 g/mol. The van der Waals surface area contributed by atoms with E-state index in [1.807, 2.05) is 26.0 Å². The van der Waals surface area contributed by atoms with Crippen LogP contribution in [0.4, 0.5) is 0 Å². The molecule has 126 valence electrons. The first kappa shape index (κ1) is 16.8. The van der Waals surface area contributed by atoms with Gasteiger partial charge in [-0.25, -0.2) is 0 Å². The predicted molar refractivity (Wildman–Crippen MR) is 94.7 cm³/mol. The lowest BCUT2D eigenvalue weighted by Crippen LogP contribution is -2.19. The Hall–Kier alpha value is -2.05. The van der Waals surface area contributed by atoms with E-state index in [1.54, 1.807) is 0 Å². The second kappa shape index (κ2) is 6.83. The van der Waals surface area contributed by atoms with Crippen LogP contribution in [0.15, 0.2) is 17.9 Å². The van der Waals surface area contributed by atoms with Crippen LogP contribution in [-0.2, 0) is 9.53 Å². The van der Waals surface area contributed by atoms with Gasteiger partial charge < -0.3 is 9.84 Å². The summed E-state index contributed by atoms with van der Waals surface area (Å²) in [6.45, 7) is 5.47. The minimum Gasteiger partial charge on any atom is -0.511 e. The summed E-state index contributed by atoms with van der Waals surface area (Å²) in [7, 11) is 0. The van der Waals surface area contributed by atoms with Crippen LogP contribution in [0, 0.1) is 38.0 Å². The molecule has 1 heterocycles. The number of Topliss-reactive ketones (excluding diaryl/α,β-unsaturated/α-hetero) is 1. The zero-order chi connectivity index (χ0) is 17.3. The minimum atomic E-state index is -0.0540. The number of terminal acetylenes is 1. The first-order valence-corrected chi connectivity index (χ1v) is 8.63. The monoisotopic (exact) mass is 324 g/mol. The van der Waals surface area contributed by atoms with Crippen molar-refractivity contribution >= 4 is 11.4 Å². The van der Waals surface area contributed by atoms with E-state index in [1.165, 1.54) is 0 Å². The molecule has 1 aromatic rings. The van der Waals surface area contributed by atoms with E-state index in [2.05, 4.69) is 5.92 Å². The summed E-state index contributed by atoms with van der Waals surface area (Å²) < 4.78 is 5.40. The number of hydrogen-bond donors (Lipinski definition) is 1. The number of aliphatic hydroxyl groups is 1. The number of carbonyl (C=O) groups is 1. The first-order valence-electron chi connectivity index (χ1n) is 8.63. The van der Waals surface area contributed by atoms with Gasteiger partial charge in [-0.05, 0) is 67.9 Å². The zero-order valence-corrected chi connectivity index (χ0v) is 14.4. The summed E-state index contributed by atoms with van der Waals surface area (Å²) in [6.07, 6.45) is 8.79. The van der Waals surface area contributed by atoms with E-state index in [4.69, 9.17) is 11.2 Å². The third-order valence-corrected chi connectivity index (χ3v) is 5.26. The molecule has 0 amide bonds. The highest BCUT2D eigenvalue weighted by Crippen LogP contribution is 2.41. The van der Waals surface area contributed by atoms with Crippen LogP contribution < -0.4 is 0 Å². The molecular weight excluding hydrogens is 300 g/mol. The van der Waals surface area contributed by atoms with Crippen LogP contribution >= 0.6 is 0 Å². The number of benzene rings is 1. The first-order chi connectivity index (χ1) is 11.5. The van der Waals surface area contributed by atoms with Crippen molar-refractivity contribution in [2.45, 2.75) is 39.5 Å². The Morgan fingerprint density at radius 2 is 1.88 bits per heavy atom. The molecule has 0 radical (unpaired) electrons. The van der Waals surface area contributed by atoms with Crippen molar-refractivity contribution in [3.63, 3.8) is 0 Å². The van der Waals surface area contributed by atoms with Crippen LogP contribution in [0.25, 0.3) is 5.57 Å². The molecular formula is C21H24O3. The molecule has 1 aromatic carbocycles. The maximum atomic E-state index is 12.6. The summed E-state index contributed by atoms with van der Waals surface area (Å²) in [5.74, 6) is 3.43. The third-order valence-electron chi connectivity index (χ3n) is 5.26. The molecule has 0 aromatic heterocycles. The summed E-state index contributed by atoms with van der Waals surface area (Å²) in [5, 5.41) is 10.8. The van der Waals surface area contributed by atoms with Gasteiger partial charge in [-0.3, -0.25) is 4.79 Å². The number of aryl methyl sites for hydroxylation is 2. The van der Waals surface area contributed by atoms with Crippen LogP contribution in [-0.4, -0.2) is 24.1 Å². The van der Waals surface area contributed by atoms with E-state index in [9.17, 15) is 9.90 Å². The molecule has 1 fully saturated rings. The van der Waals surface area contributed by atoms with Crippen LogP contribution in [0.1, 0.15) is 47.9 Å². The fraction of sp³-hybridized carbons (Fsp3) is 0.476. The van der Waals surface area contributed by atoms with E-state index in [0.29, 0.717) is 17.9 Å². The topological polar surface area (TPSA) is 46.5 Å². The van der Waals surface area contributed by atoms with Gasteiger partial charge in [-0.1, -0.05) is 5.92 Å². The Kier molecular flexibility index (Phi) is 4.78. The fourth-order valence-corrected chi connectivity index (χ4v) is 4.06. The molecule has 1 N–H and O–H groups in total. The maximum Gasteiger partial charge on any atom is 0.167 e. The van der Waals surface area contributed by atoms with Crippen molar-refractivity contribution in [3.8, 4) is 12.3 Å². The minimum absolute atomic E-state index is 0.0456. The number of ketones is 1. The largest absolute Gasteiger partial charge is 0.511 e. The highest BCUT2D eigenvalue weighted by atomic mass is 16.5. The van der Waals surface area contributed by atoms with Gasteiger partial charge in [0.1, 0.15) is 5.76 Å². The molecule has 1 saturated heterocycles. The van der Waals surface area contributed by atoms with Crippen molar-refractivity contribution in [1.29, 1.82) is 0 Å². The molecule has 3 nitrogen and oxygen atoms in total. The lowest BCUT2D eigenvalue weighted by molar-refractivity contribution is -0.113. The Morgan fingerprint density at radius 1 is 1.25 bits per heavy atom. The molecule has 1 atom stereocenters. The molecule has 3 heteroatoms. The van der Waals surface area contributed by atoms with Crippen molar-refractivity contribution in [2.24, 2.45) is 11.8 Å². The van der Waals surface area contributed by atoms with Gasteiger partial charge in [-0.15, -0.1) is 6.42 Å². The predicted octanol–water partition coefficient (Wildman–Crippen LogP) is 3.96. The van der Waals surface area contributed by atoms with Gasteiger partial charge in [0, 0.05) is 31.1 Å². The highest BCUT2D eigenvalue weighted by Gasteiger charge is 2.36. The number of hydrogen-bond acceptors (Lipinski definition) is 3. The Labute approximate surface area is 143 Å². The SMILES string of the molecule is C#Cc1cc(C)c(C2=C(O)C(CC3CCOCC3)CC2=O)c(C)c1. The van der Waals surface area contributed by atoms with Gasteiger partial charge in [0.2, 0.25) is 0 Å². The van der Waals surface area contributed by atoms with Gasteiger partial charge >= 0.3 is 0 Å². The number of allylic oxidation sites excluding steroid dienone is 2. The molecule has 3 rings (SSSR count). The van der Waals surface area contributed by atoms with Crippen LogP contribution in [0.3, 0.4) is 0 Å². The molecule has 1 unspecified atom stereocenters. The Balaban J connectivity index is 1.92. The second-order valence-corrected chi connectivity index (χ2v) is 7.01. The Morgan fingerprint density at radius 3 is 2.46 bits per heavy atom. The molecule has 1 aliphatic heterocycles. The quantitative estimate of drug-likeness (QED) is 0.856. The number of rotatable bonds is 3. The summed E-state index contributed by atoms with van der Waals surface area (Å²) in [6, 6.07) is 3.81. The smallest absolute Gasteiger partial charge is 0.167 e. The normalized spacial score (nSPS) is 22.0. The molecule has 0 bridgehead atoms. The number of ether oxygens (including phenoxy) is 1. The summed E-state index contributed by atoms with van der Waals surface area (Å²) >= 11 is 0. The van der Waals surface area contributed by atoms with Gasteiger partial charge in [0.25, 0.3) is 0 Å². The molecule has 0 saturated carbocycles. The third kappa shape index (κ3) is 3.12. The maximum absolute atomic E-state index is 12.6. The van der Waals surface area contributed by atoms with Gasteiger partial charge in [-0.2, -0.15) is 0 Å². The van der Waals surface area contributed by atoms with Crippen molar-refractivity contribution in [1.82, 2.24) is 0 Å². The standard InChI is InChI=1S/C21H24O3/c1-4-15-9-13(2)19(14(3)10-15)20-18(22)12-17(21(20)23)11-16-5-7-24-8-6-16/h1,9-10,16-17,23H,5-8,11-12H2,2-3H3. The van der Waals surface area contributed by atoms with Crippen molar-refractivity contribution in [2.75, 3.05) is 13.2 Å². The van der Waals surface area contributed by atoms with Gasteiger partial charge in [0.05, 0.1) is 5.57 Å². The highest BCUT2D eigenvalue weighted by molar-refractivity contribution is 6.24. The number of aliphatic hydroxyl groups excluding tert-OH is 1. The van der Waals surface area contributed by atoms with E-state index < -0.39 is 0 Å². The lowest BCUT2D eigenvalue weighted by atomic mass is 9.88. The van der Waals surface area contributed by atoms with E-state index in [-0.39, 0.29) is 17.5 Å². The van der Waals surface area contributed by atoms with Crippen LogP contribution in [0.2, 0.25) is 0 Å². The molecule has 24 heavy (non-hydrogen) atoms. The van der Waals surface area contributed by atoms with Crippen molar-refractivity contribution in [3.05, 3.63) is 40.1 Å².